The smallest absolute Gasteiger partial charge is 0.120 e. The van der Waals surface area contributed by atoms with E-state index < -0.39 is 0 Å². The van der Waals surface area contributed by atoms with Crippen molar-refractivity contribution in [2.45, 2.75) is 33.5 Å². The van der Waals surface area contributed by atoms with Crippen molar-refractivity contribution in [1.29, 1.82) is 0 Å². The Morgan fingerprint density at radius 1 is 1.28 bits per heavy atom. The van der Waals surface area contributed by atoms with E-state index in [1.807, 2.05) is 24.3 Å². The van der Waals surface area contributed by atoms with E-state index in [1.165, 1.54) is 0 Å². The summed E-state index contributed by atoms with van der Waals surface area (Å²) in [6.07, 6.45) is 0.197. The normalized spacial score (nSPS) is 12.7. The molecule has 0 fully saturated rings. The lowest BCUT2D eigenvalue weighted by molar-refractivity contribution is 0.148. The Labute approximate surface area is 110 Å². The maximum Gasteiger partial charge on any atom is 0.120 e. The van der Waals surface area contributed by atoms with Gasteiger partial charge >= 0.3 is 0 Å². The van der Waals surface area contributed by atoms with Gasteiger partial charge in [-0.2, -0.15) is 0 Å². The minimum atomic E-state index is 0.197. The van der Waals surface area contributed by atoms with Gasteiger partial charge in [0.1, 0.15) is 11.9 Å². The van der Waals surface area contributed by atoms with Crippen LogP contribution < -0.4 is 10.1 Å². The summed E-state index contributed by atoms with van der Waals surface area (Å²) in [4.78, 5) is 0. The highest BCUT2D eigenvalue weighted by Gasteiger charge is 2.14. The number of methoxy groups -OCH3 is 1. The molecular weight excluding hydrogens is 226 g/mol. The first-order valence-corrected chi connectivity index (χ1v) is 6.62. The zero-order valence-corrected chi connectivity index (χ0v) is 11.9. The second kappa shape index (κ2) is 8.11. The zero-order chi connectivity index (χ0) is 13.4. The quantitative estimate of drug-likeness (QED) is 0.770. The molecule has 18 heavy (non-hydrogen) atoms. The molecule has 0 saturated heterocycles. The van der Waals surface area contributed by atoms with Crippen LogP contribution in [0.2, 0.25) is 0 Å². The maximum absolute atomic E-state index is 6.05. The lowest BCUT2D eigenvalue weighted by Gasteiger charge is -2.23. The van der Waals surface area contributed by atoms with Crippen molar-refractivity contribution in [2.24, 2.45) is 5.92 Å². The third-order valence-electron chi connectivity index (χ3n) is 2.84. The molecule has 0 aromatic heterocycles. The molecular formula is C15H25NO2. The highest BCUT2D eigenvalue weighted by molar-refractivity contribution is 5.28. The van der Waals surface area contributed by atoms with E-state index in [1.54, 1.807) is 7.11 Å². The lowest BCUT2D eigenvalue weighted by atomic mass is 10.1. The molecule has 0 heterocycles. The van der Waals surface area contributed by atoms with Gasteiger partial charge in [-0.1, -0.05) is 32.9 Å². The average Bonchev–Trinajstić information content (AvgIpc) is 2.35. The van der Waals surface area contributed by atoms with Crippen molar-refractivity contribution in [3.63, 3.8) is 0 Å². The first-order chi connectivity index (χ1) is 8.67. The first kappa shape index (κ1) is 15.0. The van der Waals surface area contributed by atoms with Gasteiger partial charge in [0.15, 0.2) is 0 Å². The molecule has 1 aromatic rings. The van der Waals surface area contributed by atoms with E-state index in [9.17, 15) is 0 Å². The molecule has 0 bridgehead atoms. The standard InChI is InChI=1S/C15H25NO2/c1-5-16-10-15(12(2)3)18-14-8-6-7-13(9-14)11-17-4/h6-9,12,15-16H,5,10-11H2,1-4H3. The van der Waals surface area contributed by atoms with Crippen LogP contribution in [0.1, 0.15) is 26.3 Å². The number of nitrogens with one attached hydrogen (secondary N) is 1. The van der Waals surface area contributed by atoms with Gasteiger partial charge in [-0.3, -0.25) is 0 Å². The van der Waals surface area contributed by atoms with E-state index in [4.69, 9.17) is 9.47 Å². The molecule has 1 rings (SSSR count). The van der Waals surface area contributed by atoms with Gasteiger partial charge < -0.3 is 14.8 Å². The average molecular weight is 251 g/mol. The topological polar surface area (TPSA) is 30.5 Å². The Hall–Kier alpha value is -1.06. The van der Waals surface area contributed by atoms with Crippen molar-refractivity contribution in [1.82, 2.24) is 5.32 Å². The Morgan fingerprint density at radius 2 is 2.06 bits per heavy atom. The summed E-state index contributed by atoms with van der Waals surface area (Å²) >= 11 is 0. The second-order valence-corrected chi connectivity index (χ2v) is 4.79. The van der Waals surface area contributed by atoms with E-state index in [0.29, 0.717) is 12.5 Å². The van der Waals surface area contributed by atoms with Crippen LogP contribution in [0, 0.1) is 5.92 Å². The minimum Gasteiger partial charge on any atom is -0.489 e. The number of hydrogen-bond acceptors (Lipinski definition) is 3. The molecule has 102 valence electrons. The van der Waals surface area contributed by atoms with Crippen LogP contribution in [0.25, 0.3) is 0 Å². The fourth-order valence-corrected chi connectivity index (χ4v) is 1.75. The van der Waals surface area contributed by atoms with Crippen molar-refractivity contribution in [3.8, 4) is 5.75 Å². The molecule has 0 spiro atoms. The van der Waals surface area contributed by atoms with E-state index in [-0.39, 0.29) is 6.10 Å². The fraction of sp³-hybridized carbons (Fsp3) is 0.600. The van der Waals surface area contributed by atoms with Gasteiger partial charge in [0.25, 0.3) is 0 Å². The third-order valence-corrected chi connectivity index (χ3v) is 2.84. The summed E-state index contributed by atoms with van der Waals surface area (Å²) in [5, 5.41) is 3.34. The molecule has 1 aromatic carbocycles. The highest BCUT2D eigenvalue weighted by Crippen LogP contribution is 2.18. The highest BCUT2D eigenvalue weighted by atomic mass is 16.5. The van der Waals surface area contributed by atoms with Crippen molar-refractivity contribution >= 4 is 0 Å². The summed E-state index contributed by atoms with van der Waals surface area (Å²) in [6, 6.07) is 8.10. The number of benzene rings is 1. The van der Waals surface area contributed by atoms with E-state index in [0.717, 1.165) is 24.4 Å². The molecule has 0 aliphatic rings. The Bertz CT molecular complexity index is 339. The van der Waals surface area contributed by atoms with Gasteiger partial charge in [-0.15, -0.1) is 0 Å². The SMILES string of the molecule is CCNCC(Oc1cccc(COC)c1)C(C)C. The van der Waals surface area contributed by atoms with Crippen LogP contribution >= 0.6 is 0 Å². The van der Waals surface area contributed by atoms with Crippen LogP contribution in [0.3, 0.4) is 0 Å². The predicted octanol–water partition coefficient (Wildman–Crippen LogP) is 2.85. The minimum absolute atomic E-state index is 0.197. The number of likely N-dealkylation sites (N-methyl/N-ethyl adjacent to an activating group) is 1. The summed E-state index contributed by atoms with van der Waals surface area (Å²) < 4.78 is 11.2. The summed E-state index contributed by atoms with van der Waals surface area (Å²) in [5.74, 6) is 1.40. The Balaban J connectivity index is 2.64. The predicted molar refractivity (Wildman–Crippen MR) is 75.0 cm³/mol. The number of hydrogen-bond donors (Lipinski definition) is 1. The lowest BCUT2D eigenvalue weighted by Crippen LogP contribution is -2.35. The van der Waals surface area contributed by atoms with E-state index >= 15 is 0 Å². The van der Waals surface area contributed by atoms with Gasteiger partial charge in [-0.25, -0.2) is 0 Å². The molecule has 3 heteroatoms. The molecule has 3 nitrogen and oxygen atoms in total. The monoisotopic (exact) mass is 251 g/mol. The summed E-state index contributed by atoms with van der Waals surface area (Å²) in [6.45, 7) is 8.94. The molecule has 0 aliphatic carbocycles. The molecule has 1 N–H and O–H groups in total. The Morgan fingerprint density at radius 3 is 2.67 bits per heavy atom. The number of ether oxygens (including phenoxy) is 2. The van der Waals surface area contributed by atoms with Crippen LogP contribution in [0.15, 0.2) is 24.3 Å². The summed E-state index contributed by atoms with van der Waals surface area (Å²) in [7, 11) is 1.70. The zero-order valence-electron chi connectivity index (χ0n) is 11.9. The molecule has 0 radical (unpaired) electrons. The second-order valence-electron chi connectivity index (χ2n) is 4.79. The van der Waals surface area contributed by atoms with Crippen LogP contribution in [0.5, 0.6) is 5.75 Å². The van der Waals surface area contributed by atoms with Crippen molar-refractivity contribution < 1.29 is 9.47 Å². The van der Waals surface area contributed by atoms with E-state index in [2.05, 4.69) is 26.1 Å². The van der Waals surface area contributed by atoms with Crippen LogP contribution in [0.4, 0.5) is 0 Å². The van der Waals surface area contributed by atoms with Crippen LogP contribution in [-0.2, 0) is 11.3 Å². The number of rotatable bonds is 8. The summed E-state index contributed by atoms with van der Waals surface area (Å²) in [5.41, 5.74) is 1.14. The molecule has 0 aliphatic heterocycles. The van der Waals surface area contributed by atoms with Gasteiger partial charge in [0.05, 0.1) is 6.61 Å². The van der Waals surface area contributed by atoms with Crippen molar-refractivity contribution in [3.05, 3.63) is 29.8 Å². The molecule has 0 saturated carbocycles. The van der Waals surface area contributed by atoms with Gasteiger partial charge in [-0.05, 0) is 30.2 Å². The Kier molecular flexibility index (Phi) is 6.76. The van der Waals surface area contributed by atoms with Gasteiger partial charge in [0, 0.05) is 13.7 Å². The largest absolute Gasteiger partial charge is 0.489 e. The third kappa shape index (κ3) is 5.07. The van der Waals surface area contributed by atoms with Gasteiger partial charge in [0.2, 0.25) is 0 Å². The first-order valence-electron chi connectivity index (χ1n) is 6.62. The maximum atomic E-state index is 6.05. The molecule has 1 unspecified atom stereocenters. The molecule has 1 atom stereocenters. The molecule has 0 amide bonds. The van der Waals surface area contributed by atoms with Crippen molar-refractivity contribution in [2.75, 3.05) is 20.2 Å². The van der Waals surface area contributed by atoms with Crippen LogP contribution in [-0.4, -0.2) is 26.3 Å². The fourth-order valence-electron chi connectivity index (χ4n) is 1.75.